The molecule has 1 aliphatic heterocycles. The predicted octanol–water partition coefficient (Wildman–Crippen LogP) is 5.51. The Kier molecular flexibility index (Phi) is 10.2. The molecule has 1 saturated carbocycles. The number of rotatable bonds is 8. The lowest BCUT2D eigenvalue weighted by Crippen LogP contribution is -2.55. The maximum Gasteiger partial charge on any atom is 0.230 e. The molecular formula is C26H32Cl3N5O2S. The molecule has 0 spiro atoms. The van der Waals surface area contributed by atoms with E-state index < -0.39 is 0 Å². The quantitative estimate of drug-likeness (QED) is 0.251. The van der Waals surface area contributed by atoms with Crippen LogP contribution in [-0.4, -0.2) is 64.7 Å². The van der Waals surface area contributed by atoms with Gasteiger partial charge in [0.2, 0.25) is 11.8 Å². The first-order valence-corrected chi connectivity index (χ1v) is 14.9. The molecule has 2 amide bonds. The lowest BCUT2D eigenvalue weighted by Gasteiger charge is -2.42. The Hall–Kier alpha value is -1.74. The number of benzene rings is 1. The van der Waals surface area contributed by atoms with E-state index in [0.29, 0.717) is 58.9 Å². The molecule has 1 unspecified atom stereocenters. The van der Waals surface area contributed by atoms with Crippen molar-refractivity contribution >= 4 is 64.2 Å². The van der Waals surface area contributed by atoms with Gasteiger partial charge in [-0.3, -0.25) is 9.59 Å². The summed E-state index contributed by atoms with van der Waals surface area (Å²) in [7, 11) is 0. The van der Waals surface area contributed by atoms with E-state index in [2.05, 4.69) is 27.1 Å². The Morgan fingerprint density at radius 3 is 2.59 bits per heavy atom. The van der Waals surface area contributed by atoms with Crippen molar-refractivity contribution in [3.63, 3.8) is 0 Å². The SMILES string of the molecule is CC1CN(c2cc(Cl)nc(SCC(=O)NCCc3ccc(Cl)cc3Cl)n2)CCN1C(=O)C1CCCCC1. The molecular weight excluding hydrogens is 553 g/mol. The average Bonchev–Trinajstić information content (AvgIpc) is 2.88. The highest BCUT2D eigenvalue weighted by Crippen LogP contribution is 2.29. The summed E-state index contributed by atoms with van der Waals surface area (Å²) in [5.74, 6) is 1.25. The molecule has 0 radical (unpaired) electrons. The van der Waals surface area contributed by atoms with Crippen LogP contribution in [0.5, 0.6) is 0 Å². The Morgan fingerprint density at radius 1 is 1.08 bits per heavy atom. The van der Waals surface area contributed by atoms with E-state index in [1.54, 1.807) is 18.2 Å². The number of carbonyl (C=O) groups is 2. The van der Waals surface area contributed by atoms with Gasteiger partial charge in [-0.2, -0.15) is 0 Å². The van der Waals surface area contributed by atoms with Gasteiger partial charge >= 0.3 is 0 Å². The van der Waals surface area contributed by atoms with Crippen LogP contribution in [0.4, 0.5) is 5.82 Å². The van der Waals surface area contributed by atoms with Gasteiger partial charge in [-0.05, 0) is 43.9 Å². The number of halogens is 3. The van der Waals surface area contributed by atoms with Gasteiger partial charge < -0.3 is 15.1 Å². The molecule has 1 saturated heterocycles. The summed E-state index contributed by atoms with van der Waals surface area (Å²) < 4.78 is 0. The number of nitrogens with zero attached hydrogens (tertiary/aromatic N) is 4. The number of hydrogen-bond acceptors (Lipinski definition) is 6. The van der Waals surface area contributed by atoms with Gasteiger partial charge in [0, 0.05) is 54.3 Å². The van der Waals surface area contributed by atoms with Crippen molar-refractivity contribution in [3.05, 3.63) is 45.0 Å². The molecule has 2 heterocycles. The largest absolute Gasteiger partial charge is 0.355 e. The second-order valence-corrected chi connectivity index (χ2v) is 11.8. The smallest absolute Gasteiger partial charge is 0.230 e. The average molecular weight is 585 g/mol. The molecule has 4 rings (SSSR count). The van der Waals surface area contributed by atoms with Crippen LogP contribution in [0.2, 0.25) is 15.2 Å². The lowest BCUT2D eigenvalue weighted by atomic mass is 9.88. The summed E-state index contributed by atoms with van der Waals surface area (Å²) in [4.78, 5) is 38.5. The standard InChI is InChI=1S/C26H32Cl3N5O2S/c1-17-15-33(11-12-34(17)25(36)19-5-3-2-4-6-19)23-14-22(29)31-26(32-23)37-16-24(35)30-10-9-18-7-8-20(27)13-21(18)28/h7-8,13-14,17,19H,2-6,9-12,15-16H2,1H3,(H,30,35). The molecule has 2 aromatic rings. The molecule has 7 nitrogen and oxygen atoms in total. The summed E-state index contributed by atoms with van der Waals surface area (Å²) >= 11 is 19.7. The van der Waals surface area contributed by atoms with Crippen LogP contribution in [0.25, 0.3) is 0 Å². The molecule has 11 heteroatoms. The van der Waals surface area contributed by atoms with Crippen molar-refractivity contribution in [2.75, 3.05) is 36.8 Å². The molecule has 1 N–H and O–H groups in total. The first kappa shape index (κ1) is 28.3. The van der Waals surface area contributed by atoms with Gasteiger partial charge in [0.05, 0.1) is 5.75 Å². The molecule has 200 valence electrons. The van der Waals surface area contributed by atoms with E-state index in [4.69, 9.17) is 34.8 Å². The number of aromatic nitrogens is 2. The molecule has 2 aliphatic rings. The minimum atomic E-state index is -0.122. The normalized spacial score (nSPS) is 18.6. The highest BCUT2D eigenvalue weighted by molar-refractivity contribution is 7.99. The predicted molar refractivity (Wildman–Crippen MR) is 151 cm³/mol. The van der Waals surface area contributed by atoms with Crippen LogP contribution < -0.4 is 10.2 Å². The zero-order chi connectivity index (χ0) is 26.4. The fourth-order valence-electron chi connectivity index (χ4n) is 4.93. The minimum Gasteiger partial charge on any atom is -0.355 e. The first-order valence-electron chi connectivity index (χ1n) is 12.7. The van der Waals surface area contributed by atoms with Crippen molar-refractivity contribution in [1.29, 1.82) is 0 Å². The van der Waals surface area contributed by atoms with E-state index in [-0.39, 0.29) is 23.6 Å². The third-order valence-corrected chi connectivity index (χ3v) is 8.54. The summed E-state index contributed by atoms with van der Waals surface area (Å²) in [6.07, 6.45) is 6.17. The van der Waals surface area contributed by atoms with Crippen LogP contribution >= 0.6 is 46.6 Å². The van der Waals surface area contributed by atoms with Crippen molar-refractivity contribution in [3.8, 4) is 0 Å². The topological polar surface area (TPSA) is 78.4 Å². The summed E-state index contributed by atoms with van der Waals surface area (Å²) in [5, 5.41) is 4.85. The highest BCUT2D eigenvalue weighted by atomic mass is 35.5. The van der Waals surface area contributed by atoms with Crippen molar-refractivity contribution < 1.29 is 9.59 Å². The van der Waals surface area contributed by atoms with Crippen molar-refractivity contribution in [1.82, 2.24) is 20.2 Å². The van der Waals surface area contributed by atoms with Gasteiger partial charge in [-0.25, -0.2) is 9.97 Å². The summed E-state index contributed by atoms with van der Waals surface area (Å²) in [6.45, 7) is 4.59. The van der Waals surface area contributed by atoms with Crippen molar-refractivity contribution in [2.45, 2.75) is 56.6 Å². The van der Waals surface area contributed by atoms with Gasteiger partial charge in [-0.1, -0.05) is 71.9 Å². The van der Waals surface area contributed by atoms with Gasteiger partial charge in [-0.15, -0.1) is 0 Å². The Balaban J connectivity index is 1.27. The van der Waals surface area contributed by atoms with Crippen LogP contribution in [0, 0.1) is 5.92 Å². The van der Waals surface area contributed by atoms with E-state index in [1.807, 2.05) is 11.0 Å². The third-order valence-electron chi connectivity index (χ3n) is 6.91. The molecule has 0 bridgehead atoms. The van der Waals surface area contributed by atoms with Crippen LogP contribution in [-0.2, 0) is 16.0 Å². The number of anilines is 1. The van der Waals surface area contributed by atoms with Gasteiger partial charge in [0.25, 0.3) is 0 Å². The van der Waals surface area contributed by atoms with E-state index >= 15 is 0 Å². The molecule has 1 aromatic carbocycles. The number of hydrogen-bond donors (Lipinski definition) is 1. The maximum atomic E-state index is 13.1. The lowest BCUT2D eigenvalue weighted by molar-refractivity contribution is -0.139. The monoisotopic (exact) mass is 583 g/mol. The molecule has 1 aliphatic carbocycles. The zero-order valence-corrected chi connectivity index (χ0v) is 24.0. The second-order valence-electron chi connectivity index (χ2n) is 9.62. The Bertz CT molecular complexity index is 1120. The van der Waals surface area contributed by atoms with Crippen molar-refractivity contribution in [2.24, 2.45) is 5.92 Å². The first-order chi connectivity index (χ1) is 17.8. The van der Waals surface area contributed by atoms with Crippen LogP contribution in [0.3, 0.4) is 0 Å². The van der Waals surface area contributed by atoms with E-state index in [0.717, 1.165) is 37.1 Å². The van der Waals surface area contributed by atoms with E-state index in [1.165, 1.54) is 18.2 Å². The zero-order valence-electron chi connectivity index (χ0n) is 20.9. The van der Waals surface area contributed by atoms with Crippen LogP contribution in [0.15, 0.2) is 29.4 Å². The third kappa shape index (κ3) is 7.88. The molecule has 37 heavy (non-hydrogen) atoms. The molecule has 2 fully saturated rings. The number of carbonyl (C=O) groups excluding carboxylic acids is 2. The Morgan fingerprint density at radius 2 is 1.86 bits per heavy atom. The number of thioether (sulfide) groups is 1. The summed E-state index contributed by atoms with van der Waals surface area (Å²) in [6, 6.07) is 7.17. The number of amides is 2. The van der Waals surface area contributed by atoms with Crippen LogP contribution in [0.1, 0.15) is 44.6 Å². The number of nitrogens with one attached hydrogen (secondary N) is 1. The number of piperazine rings is 1. The molecule has 1 atom stereocenters. The van der Waals surface area contributed by atoms with Gasteiger partial charge in [0.1, 0.15) is 11.0 Å². The summed E-state index contributed by atoms with van der Waals surface area (Å²) in [5.41, 5.74) is 0.927. The fraction of sp³-hybridized carbons (Fsp3) is 0.538. The van der Waals surface area contributed by atoms with E-state index in [9.17, 15) is 9.59 Å². The minimum absolute atomic E-state index is 0.0907. The highest BCUT2D eigenvalue weighted by Gasteiger charge is 2.33. The second kappa shape index (κ2) is 13.4. The Labute approximate surface area is 237 Å². The molecule has 1 aromatic heterocycles. The fourth-order valence-corrected chi connectivity index (χ4v) is 6.35. The maximum absolute atomic E-state index is 13.1. The van der Waals surface area contributed by atoms with Gasteiger partial charge in [0.15, 0.2) is 5.16 Å².